The van der Waals surface area contributed by atoms with Crippen molar-refractivity contribution >= 4 is 0 Å². The number of nitrogens with two attached hydrogens (primary N) is 1. The van der Waals surface area contributed by atoms with Crippen LogP contribution in [0.15, 0.2) is 24.3 Å². The lowest BCUT2D eigenvalue weighted by atomic mass is 9.73. The second-order valence-electron chi connectivity index (χ2n) is 4.47. The molecule has 0 saturated carbocycles. The number of hydrogen-bond acceptors (Lipinski definition) is 2. The average molecular weight is 202 g/mol. The minimum atomic E-state index is -0.00597. The van der Waals surface area contributed by atoms with E-state index < -0.39 is 0 Å². The van der Waals surface area contributed by atoms with E-state index in [2.05, 4.69) is 26.8 Å². The van der Waals surface area contributed by atoms with E-state index in [1.165, 1.54) is 5.56 Å². The third-order valence-electron chi connectivity index (χ3n) is 3.37. The predicted octanol–water partition coefficient (Wildman–Crippen LogP) is 2.43. The Kier molecular flexibility index (Phi) is 3.49. The number of benzene rings is 1. The molecule has 2 N–H and O–H groups in total. The van der Waals surface area contributed by atoms with Gasteiger partial charge in [-0.3, -0.25) is 0 Å². The van der Waals surface area contributed by atoms with Gasteiger partial charge in [-0.05, 0) is 23.6 Å². The summed E-state index contributed by atoms with van der Waals surface area (Å²) < 4.78 is 0. The Morgan fingerprint density at radius 1 is 1.33 bits per heavy atom. The van der Waals surface area contributed by atoms with Gasteiger partial charge in [0, 0.05) is 12.0 Å². The molecule has 0 radical (unpaired) electrons. The first-order valence-electron chi connectivity index (χ1n) is 5.25. The third-order valence-corrected chi connectivity index (χ3v) is 3.37. The summed E-state index contributed by atoms with van der Waals surface area (Å²) in [5, 5.41) is 8.72. The van der Waals surface area contributed by atoms with Crippen LogP contribution in [-0.4, -0.2) is 6.54 Å². The fourth-order valence-corrected chi connectivity index (χ4v) is 1.61. The zero-order chi connectivity index (χ0) is 11.5. The molecule has 0 bridgehead atoms. The summed E-state index contributed by atoms with van der Waals surface area (Å²) >= 11 is 0. The highest BCUT2D eigenvalue weighted by Gasteiger charge is 2.28. The molecule has 2 nitrogen and oxygen atoms in total. The van der Waals surface area contributed by atoms with Crippen molar-refractivity contribution in [3.8, 4) is 6.07 Å². The maximum Gasteiger partial charge on any atom is 0.0991 e. The van der Waals surface area contributed by atoms with Crippen LogP contribution >= 0.6 is 0 Å². The van der Waals surface area contributed by atoms with Crippen LogP contribution in [0.2, 0.25) is 0 Å². The van der Waals surface area contributed by atoms with Crippen LogP contribution in [-0.2, 0) is 5.41 Å². The lowest BCUT2D eigenvalue weighted by molar-refractivity contribution is 0.347. The Labute approximate surface area is 91.7 Å². The third kappa shape index (κ3) is 2.19. The first kappa shape index (κ1) is 11.7. The van der Waals surface area contributed by atoms with Crippen molar-refractivity contribution in [3.63, 3.8) is 0 Å². The summed E-state index contributed by atoms with van der Waals surface area (Å²) in [7, 11) is 0. The van der Waals surface area contributed by atoms with Gasteiger partial charge in [0.15, 0.2) is 0 Å². The molecule has 2 heteroatoms. The van der Waals surface area contributed by atoms with Crippen molar-refractivity contribution < 1.29 is 0 Å². The van der Waals surface area contributed by atoms with Gasteiger partial charge in [-0.15, -0.1) is 0 Å². The molecule has 0 fully saturated rings. The summed E-state index contributed by atoms with van der Waals surface area (Å²) in [5.41, 5.74) is 7.74. The van der Waals surface area contributed by atoms with Gasteiger partial charge < -0.3 is 5.73 Å². The molecule has 0 amide bonds. The molecule has 0 aromatic heterocycles. The van der Waals surface area contributed by atoms with Gasteiger partial charge in [0.25, 0.3) is 0 Å². The Morgan fingerprint density at radius 2 is 1.87 bits per heavy atom. The number of nitriles is 1. The summed E-state index contributed by atoms with van der Waals surface area (Å²) in [6.07, 6.45) is 0. The SMILES string of the molecule is CC(C)C(C)(CN)c1ccc(C#N)cc1. The van der Waals surface area contributed by atoms with Gasteiger partial charge in [0.2, 0.25) is 0 Å². The van der Waals surface area contributed by atoms with Crippen LogP contribution in [0.5, 0.6) is 0 Å². The molecule has 0 aliphatic rings. The second-order valence-corrected chi connectivity index (χ2v) is 4.47. The van der Waals surface area contributed by atoms with Gasteiger partial charge in [-0.2, -0.15) is 5.26 Å². The van der Waals surface area contributed by atoms with Gasteiger partial charge in [-0.1, -0.05) is 32.9 Å². The Hall–Kier alpha value is -1.33. The van der Waals surface area contributed by atoms with Crippen molar-refractivity contribution in [2.45, 2.75) is 26.2 Å². The highest BCUT2D eigenvalue weighted by Crippen LogP contribution is 2.30. The maximum atomic E-state index is 8.72. The number of rotatable bonds is 3. The van der Waals surface area contributed by atoms with Crippen LogP contribution in [0.25, 0.3) is 0 Å². The van der Waals surface area contributed by atoms with Crippen molar-refractivity contribution in [1.82, 2.24) is 0 Å². The van der Waals surface area contributed by atoms with E-state index in [9.17, 15) is 0 Å². The topological polar surface area (TPSA) is 49.8 Å². The largest absolute Gasteiger partial charge is 0.330 e. The molecular weight excluding hydrogens is 184 g/mol. The molecular formula is C13H18N2. The zero-order valence-electron chi connectivity index (χ0n) is 9.62. The summed E-state index contributed by atoms with van der Waals surface area (Å²) in [6, 6.07) is 9.84. The molecule has 15 heavy (non-hydrogen) atoms. The summed E-state index contributed by atoms with van der Waals surface area (Å²) in [5.74, 6) is 0.482. The lowest BCUT2D eigenvalue weighted by Gasteiger charge is -2.33. The molecule has 0 spiro atoms. The fraction of sp³-hybridized carbons (Fsp3) is 0.462. The number of hydrogen-bond donors (Lipinski definition) is 1. The minimum absolute atomic E-state index is 0.00597. The van der Waals surface area contributed by atoms with Crippen molar-refractivity contribution in [3.05, 3.63) is 35.4 Å². The lowest BCUT2D eigenvalue weighted by Crippen LogP contribution is -2.36. The highest BCUT2D eigenvalue weighted by atomic mass is 14.6. The van der Waals surface area contributed by atoms with Gasteiger partial charge >= 0.3 is 0 Å². The van der Waals surface area contributed by atoms with E-state index in [1.807, 2.05) is 24.3 Å². The van der Waals surface area contributed by atoms with E-state index in [0.717, 1.165) is 0 Å². The zero-order valence-corrected chi connectivity index (χ0v) is 9.62. The van der Waals surface area contributed by atoms with Crippen LogP contribution in [0.3, 0.4) is 0 Å². The molecule has 1 atom stereocenters. The van der Waals surface area contributed by atoms with E-state index in [1.54, 1.807) is 0 Å². The molecule has 1 aromatic rings. The molecule has 80 valence electrons. The normalized spacial score (nSPS) is 14.7. The van der Waals surface area contributed by atoms with E-state index in [-0.39, 0.29) is 5.41 Å². The van der Waals surface area contributed by atoms with Gasteiger partial charge in [-0.25, -0.2) is 0 Å². The fourth-order valence-electron chi connectivity index (χ4n) is 1.61. The van der Waals surface area contributed by atoms with Crippen molar-refractivity contribution in [1.29, 1.82) is 5.26 Å². The van der Waals surface area contributed by atoms with Gasteiger partial charge in [0.1, 0.15) is 0 Å². The van der Waals surface area contributed by atoms with Crippen LogP contribution in [0.1, 0.15) is 31.9 Å². The quantitative estimate of drug-likeness (QED) is 0.818. The molecule has 0 heterocycles. The highest BCUT2D eigenvalue weighted by molar-refractivity contribution is 5.35. The van der Waals surface area contributed by atoms with Crippen LogP contribution < -0.4 is 5.73 Å². The van der Waals surface area contributed by atoms with Crippen LogP contribution in [0.4, 0.5) is 0 Å². The van der Waals surface area contributed by atoms with Crippen molar-refractivity contribution in [2.75, 3.05) is 6.54 Å². The number of nitrogens with zero attached hydrogens (tertiary/aromatic N) is 1. The smallest absolute Gasteiger partial charge is 0.0991 e. The Balaban J connectivity index is 3.09. The second kappa shape index (κ2) is 4.46. The minimum Gasteiger partial charge on any atom is -0.330 e. The molecule has 0 aliphatic heterocycles. The van der Waals surface area contributed by atoms with E-state index in [4.69, 9.17) is 11.0 Å². The molecule has 0 saturated heterocycles. The Morgan fingerprint density at radius 3 is 2.20 bits per heavy atom. The molecule has 1 aromatic carbocycles. The average Bonchev–Trinajstić information content (AvgIpc) is 2.28. The van der Waals surface area contributed by atoms with Gasteiger partial charge in [0.05, 0.1) is 11.6 Å². The first-order chi connectivity index (χ1) is 7.04. The van der Waals surface area contributed by atoms with Crippen molar-refractivity contribution in [2.24, 2.45) is 11.7 Å². The molecule has 1 unspecified atom stereocenters. The monoisotopic (exact) mass is 202 g/mol. The Bertz CT molecular complexity index is 359. The molecule has 0 aliphatic carbocycles. The van der Waals surface area contributed by atoms with E-state index >= 15 is 0 Å². The maximum absolute atomic E-state index is 8.72. The summed E-state index contributed by atoms with van der Waals surface area (Å²) in [4.78, 5) is 0. The van der Waals surface area contributed by atoms with E-state index in [0.29, 0.717) is 18.0 Å². The molecule has 1 rings (SSSR count). The standard InChI is InChI=1S/C13H18N2/c1-10(2)13(3,9-15)12-6-4-11(8-14)5-7-12/h4-7,10H,9,15H2,1-3H3. The predicted molar refractivity (Wildman–Crippen MR) is 62.4 cm³/mol. The first-order valence-corrected chi connectivity index (χ1v) is 5.25. The van der Waals surface area contributed by atoms with Crippen LogP contribution in [0, 0.1) is 17.2 Å². The summed E-state index contributed by atoms with van der Waals surface area (Å²) in [6.45, 7) is 7.13.